The number of aliphatic imine (C=N–C) groups is 2. The summed E-state index contributed by atoms with van der Waals surface area (Å²) in [6.45, 7) is 28.5. The monoisotopic (exact) mass is 520 g/mol. The topological polar surface area (TPSA) is 65.2 Å². The molecule has 0 aromatic heterocycles. The third-order valence-electron chi connectivity index (χ3n) is 7.00. The molecular weight excluding hydrogens is 468 g/mol. The fraction of sp³-hybridized carbons (Fsp3) is 0.588. The van der Waals surface area contributed by atoms with Crippen molar-refractivity contribution in [2.75, 3.05) is 6.54 Å². The van der Waals surface area contributed by atoms with Crippen molar-refractivity contribution >= 4 is 12.4 Å². The van der Waals surface area contributed by atoms with Crippen molar-refractivity contribution in [1.29, 1.82) is 0 Å². The number of rotatable bonds is 6. The van der Waals surface area contributed by atoms with Gasteiger partial charge < -0.3 is 10.2 Å². The first-order valence-corrected chi connectivity index (χ1v) is 13.9. The molecule has 1 unspecified atom stereocenters. The highest BCUT2D eigenvalue weighted by Gasteiger charge is 2.25. The minimum Gasteiger partial charge on any atom is -0.507 e. The lowest BCUT2D eigenvalue weighted by Crippen LogP contribution is -2.17. The molecule has 0 aliphatic heterocycles. The quantitative estimate of drug-likeness (QED) is 0.374. The van der Waals surface area contributed by atoms with Gasteiger partial charge in [-0.05, 0) is 58.3 Å². The van der Waals surface area contributed by atoms with Crippen LogP contribution in [0.5, 0.6) is 11.5 Å². The van der Waals surface area contributed by atoms with Gasteiger partial charge in [-0.25, -0.2) is 0 Å². The van der Waals surface area contributed by atoms with E-state index >= 15 is 0 Å². The molecule has 210 valence electrons. The first-order valence-electron chi connectivity index (χ1n) is 13.9. The van der Waals surface area contributed by atoms with E-state index in [9.17, 15) is 10.2 Å². The molecule has 2 aromatic rings. The number of nitrogens with zero attached hydrogens (tertiary/aromatic N) is 2. The minimum absolute atomic E-state index is 0.0256. The summed E-state index contributed by atoms with van der Waals surface area (Å²) in [6, 6.07) is 8.39. The van der Waals surface area contributed by atoms with Gasteiger partial charge in [-0.1, -0.05) is 95.2 Å². The van der Waals surface area contributed by atoms with Crippen molar-refractivity contribution in [3.63, 3.8) is 0 Å². The summed E-state index contributed by atoms with van der Waals surface area (Å²) in [5.41, 5.74) is 5.39. The standard InChI is InChI=1S/C34H52N2O2/c1-22(36-21-24-17-26(32(5,6)7)19-28(30(24)38)34(11,12)13)14-15-35-20-23-16-25(31(2,3)4)18-27(29(23)37)33(8,9)10/h16-22,37-38H,14-15H2,1-13H3. The van der Waals surface area contributed by atoms with Crippen LogP contribution in [0.15, 0.2) is 34.3 Å². The summed E-state index contributed by atoms with van der Waals surface area (Å²) in [5, 5.41) is 22.0. The van der Waals surface area contributed by atoms with Crippen LogP contribution in [0.1, 0.15) is 130 Å². The van der Waals surface area contributed by atoms with Gasteiger partial charge in [-0.2, -0.15) is 0 Å². The molecule has 0 saturated carbocycles. The van der Waals surface area contributed by atoms with Gasteiger partial charge >= 0.3 is 0 Å². The first-order chi connectivity index (χ1) is 17.1. The second-order valence-electron chi connectivity index (χ2n) is 14.9. The Kier molecular flexibility index (Phi) is 9.35. The highest BCUT2D eigenvalue weighted by atomic mass is 16.3. The Balaban J connectivity index is 2.23. The molecule has 4 heteroatoms. The molecule has 0 aliphatic carbocycles. The average Bonchev–Trinajstić information content (AvgIpc) is 2.73. The lowest BCUT2D eigenvalue weighted by Gasteiger charge is -2.27. The zero-order chi connectivity index (χ0) is 29.3. The maximum atomic E-state index is 11.0. The average molecular weight is 521 g/mol. The Labute approximate surface area is 232 Å². The fourth-order valence-electron chi connectivity index (χ4n) is 4.23. The Bertz CT molecular complexity index is 1180. The van der Waals surface area contributed by atoms with E-state index in [2.05, 4.69) is 113 Å². The van der Waals surface area contributed by atoms with Crippen LogP contribution in [-0.2, 0) is 21.7 Å². The molecule has 0 heterocycles. The molecule has 2 N–H and O–H groups in total. The van der Waals surface area contributed by atoms with Crippen LogP contribution in [0.4, 0.5) is 0 Å². The minimum atomic E-state index is -0.170. The van der Waals surface area contributed by atoms with Crippen molar-refractivity contribution in [3.8, 4) is 11.5 Å². The number of hydrogen-bond donors (Lipinski definition) is 2. The number of benzene rings is 2. The van der Waals surface area contributed by atoms with Crippen LogP contribution in [0.3, 0.4) is 0 Å². The van der Waals surface area contributed by atoms with Crippen molar-refractivity contribution in [1.82, 2.24) is 0 Å². The molecule has 0 aliphatic rings. The maximum absolute atomic E-state index is 11.0. The smallest absolute Gasteiger partial charge is 0.128 e. The highest BCUT2D eigenvalue weighted by molar-refractivity contribution is 5.86. The molecule has 4 nitrogen and oxygen atoms in total. The SMILES string of the molecule is CC(CCN=Cc1cc(C(C)(C)C)cc(C(C)(C)C)c1O)N=Cc1cc(C(C)(C)C)cc(C(C)(C)C)c1O. The van der Waals surface area contributed by atoms with Crippen molar-refractivity contribution in [2.24, 2.45) is 9.98 Å². The van der Waals surface area contributed by atoms with E-state index < -0.39 is 0 Å². The largest absolute Gasteiger partial charge is 0.507 e. The van der Waals surface area contributed by atoms with E-state index in [0.29, 0.717) is 18.0 Å². The summed E-state index contributed by atoms with van der Waals surface area (Å²) >= 11 is 0. The van der Waals surface area contributed by atoms with Gasteiger partial charge in [0.2, 0.25) is 0 Å². The molecule has 38 heavy (non-hydrogen) atoms. The van der Waals surface area contributed by atoms with E-state index in [1.54, 1.807) is 6.21 Å². The van der Waals surface area contributed by atoms with Gasteiger partial charge in [0.15, 0.2) is 0 Å². The summed E-state index contributed by atoms with van der Waals surface area (Å²) in [5.74, 6) is 0.618. The van der Waals surface area contributed by atoms with E-state index in [4.69, 9.17) is 4.99 Å². The number of aromatic hydroxyl groups is 2. The van der Waals surface area contributed by atoms with Gasteiger partial charge in [0, 0.05) is 47.3 Å². The lowest BCUT2D eigenvalue weighted by molar-refractivity contribution is 0.443. The van der Waals surface area contributed by atoms with Crippen LogP contribution in [0, 0.1) is 0 Å². The van der Waals surface area contributed by atoms with E-state index in [-0.39, 0.29) is 27.7 Å². The molecule has 0 bridgehead atoms. The van der Waals surface area contributed by atoms with Gasteiger partial charge in [0.05, 0.1) is 0 Å². The maximum Gasteiger partial charge on any atom is 0.128 e. The van der Waals surface area contributed by atoms with E-state index in [1.807, 2.05) is 12.3 Å². The second-order valence-corrected chi connectivity index (χ2v) is 14.9. The van der Waals surface area contributed by atoms with E-state index in [1.165, 1.54) is 11.1 Å². The Morgan fingerprint density at radius 2 is 1.03 bits per heavy atom. The van der Waals surface area contributed by atoms with Crippen LogP contribution in [0.2, 0.25) is 0 Å². The molecule has 1 atom stereocenters. The predicted octanol–water partition coefficient (Wildman–Crippen LogP) is 8.60. The van der Waals surface area contributed by atoms with Gasteiger partial charge in [-0.15, -0.1) is 0 Å². The molecule has 0 amide bonds. The van der Waals surface area contributed by atoms with Crippen LogP contribution in [0.25, 0.3) is 0 Å². The van der Waals surface area contributed by atoms with Gasteiger partial charge in [-0.3, -0.25) is 9.98 Å². The number of hydrogen-bond acceptors (Lipinski definition) is 4. The molecule has 0 spiro atoms. The van der Waals surface area contributed by atoms with Crippen LogP contribution < -0.4 is 0 Å². The number of phenolic OH excluding ortho intramolecular Hbond substituents is 2. The molecule has 0 saturated heterocycles. The highest BCUT2D eigenvalue weighted by Crippen LogP contribution is 2.38. The van der Waals surface area contributed by atoms with Crippen molar-refractivity contribution in [2.45, 2.75) is 124 Å². The summed E-state index contributed by atoms with van der Waals surface area (Å²) in [7, 11) is 0. The molecule has 0 radical (unpaired) electrons. The first kappa shape index (κ1) is 31.6. The predicted molar refractivity (Wildman–Crippen MR) is 165 cm³/mol. The van der Waals surface area contributed by atoms with Gasteiger partial charge in [0.1, 0.15) is 11.5 Å². The second kappa shape index (κ2) is 11.2. The van der Waals surface area contributed by atoms with Crippen molar-refractivity contribution in [3.05, 3.63) is 57.6 Å². The zero-order valence-corrected chi connectivity index (χ0v) is 26.2. The van der Waals surface area contributed by atoms with Crippen LogP contribution in [-0.4, -0.2) is 35.2 Å². The molecule has 2 rings (SSSR count). The normalized spacial score (nSPS) is 14.6. The van der Waals surface area contributed by atoms with Crippen LogP contribution >= 0.6 is 0 Å². The van der Waals surface area contributed by atoms with Gasteiger partial charge in [0.25, 0.3) is 0 Å². The summed E-state index contributed by atoms with van der Waals surface area (Å²) in [6.07, 6.45) is 4.37. The summed E-state index contributed by atoms with van der Waals surface area (Å²) in [4.78, 5) is 9.39. The molecule has 0 fully saturated rings. The van der Waals surface area contributed by atoms with E-state index in [0.717, 1.165) is 28.7 Å². The lowest BCUT2D eigenvalue weighted by atomic mass is 9.79. The third-order valence-corrected chi connectivity index (χ3v) is 7.00. The molecule has 2 aromatic carbocycles. The zero-order valence-electron chi connectivity index (χ0n) is 26.2. The fourth-order valence-corrected chi connectivity index (χ4v) is 4.23. The number of phenols is 2. The third kappa shape index (κ3) is 8.19. The Morgan fingerprint density at radius 3 is 1.39 bits per heavy atom. The van der Waals surface area contributed by atoms with Crippen molar-refractivity contribution < 1.29 is 10.2 Å². The Hall–Kier alpha value is -2.62. The molecular formula is C34H52N2O2. The Morgan fingerprint density at radius 1 is 0.632 bits per heavy atom. The summed E-state index contributed by atoms with van der Waals surface area (Å²) < 4.78 is 0.